The Morgan fingerprint density at radius 3 is 2.68 bits per heavy atom. The maximum Gasteiger partial charge on any atom is 0.329 e. The van der Waals surface area contributed by atoms with Crippen LogP contribution in [0.3, 0.4) is 0 Å². The fourth-order valence-electron chi connectivity index (χ4n) is 2.30. The molecule has 0 aromatic heterocycles. The van der Waals surface area contributed by atoms with Gasteiger partial charge in [-0.25, -0.2) is 0 Å². The van der Waals surface area contributed by atoms with Gasteiger partial charge in [-0.05, 0) is 37.1 Å². The molecule has 0 N–H and O–H groups in total. The van der Waals surface area contributed by atoms with Crippen molar-refractivity contribution in [1.29, 1.82) is 0 Å². The van der Waals surface area contributed by atoms with Crippen LogP contribution in [0.15, 0.2) is 36.1 Å². The molecule has 0 fully saturated rings. The molecule has 6 heteroatoms. The van der Waals surface area contributed by atoms with Crippen LogP contribution in [0.25, 0.3) is 6.08 Å². The predicted molar refractivity (Wildman–Crippen MR) is 91.2 cm³/mol. The molecule has 1 aliphatic rings. The molecule has 0 aliphatic carbocycles. The molecule has 1 aromatic rings. The van der Waals surface area contributed by atoms with E-state index in [-0.39, 0.29) is 5.76 Å². The van der Waals surface area contributed by atoms with Gasteiger partial charge in [0.2, 0.25) is 0 Å². The Kier molecular flexibility index (Phi) is 6.11. The van der Waals surface area contributed by atoms with Gasteiger partial charge >= 0.3 is 5.97 Å². The number of carbonyl (C=O) groups excluding carboxylic acids is 3. The molecular formula is C19H20O6. The highest BCUT2D eigenvalue weighted by molar-refractivity contribution is 6.25. The van der Waals surface area contributed by atoms with E-state index in [1.807, 2.05) is 6.92 Å². The molecule has 6 nitrogen and oxygen atoms in total. The Balaban J connectivity index is 2.14. The summed E-state index contributed by atoms with van der Waals surface area (Å²) in [6.45, 7) is 4.06. The lowest BCUT2D eigenvalue weighted by Crippen LogP contribution is -2.34. The lowest BCUT2D eigenvalue weighted by Gasteiger charge is -2.15. The SMILES string of the molecule is CCCOc1ccc(/C=C/C(=O)C2C(=O)C=C(C)OC2=O)cc1OC. The smallest absolute Gasteiger partial charge is 0.329 e. The van der Waals surface area contributed by atoms with Gasteiger partial charge in [0.05, 0.1) is 13.7 Å². The second-order valence-electron chi connectivity index (χ2n) is 5.51. The van der Waals surface area contributed by atoms with E-state index in [0.717, 1.165) is 12.5 Å². The van der Waals surface area contributed by atoms with E-state index in [9.17, 15) is 14.4 Å². The molecule has 1 aliphatic heterocycles. The minimum absolute atomic E-state index is 0.190. The largest absolute Gasteiger partial charge is 0.493 e. The summed E-state index contributed by atoms with van der Waals surface area (Å²) in [5.74, 6) is -2.13. The number of ketones is 2. The minimum atomic E-state index is -1.44. The Labute approximate surface area is 146 Å². The van der Waals surface area contributed by atoms with Gasteiger partial charge < -0.3 is 14.2 Å². The van der Waals surface area contributed by atoms with Crippen molar-refractivity contribution in [3.63, 3.8) is 0 Å². The third-order valence-corrected chi connectivity index (χ3v) is 3.50. The standard InChI is InChI=1S/C19H20O6/c1-4-9-24-16-8-6-13(11-17(16)23-3)5-7-14(20)18-15(21)10-12(2)25-19(18)22/h5-8,10-11,18H,4,9H2,1-3H3/b7-5+. The number of hydrogen-bond acceptors (Lipinski definition) is 6. The molecule has 1 unspecified atom stereocenters. The van der Waals surface area contributed by atoms with Crippen LogP contribution in [0.1, 0.15) is 25.8 Å². The summed E-state index contributed by atoms with van der Waals surface area (Å²) in [7, 11) is 1.53. The number of carbonyl (C=O) groups is 3. The Hall–Kier alpha value is -2.89. The van der Waals surface area contributed by atoms with Crippen molar-refractivity contribution in [3.8, 4) is 11.5 Å². The normalized spacial score (nSPS) is 17.2. The van der Waals surface area contributed by atoms with Crippen molar-refractivity contribution in [2.24, 2.45) is 5.92 Å². The molecule has 0 radical (unpaired) electrons. The maximum atomic E-state index is 12.2. The predicted octanol–water partition coefficient (Wildman–Crippen LogP) is 2.71. The molecule has 0 saturated carbocycles. The van der Waals surface area contributed by atoms with Crippen molar-refractivity contribution in [3.05, 3.63) is 41.7 Å². The molecule has 0 amide bonds. The number of methoxy groups -OCH3 is 1. The molecule has 0 spiro atoms. The summed E-state index contributed by atoms with van der Waals surface area (Å²) in [4.78, 5) is 35.8. The number of esters is 1. The number of cyclic esters (lactones) is 1. The fraction of sp³-hybridized carbons (Fsp3) is 0.316. The quantitative estimate of drug-likeness (QED) is 0.430. The lowest BCUT2D eigenvalue weighted by molar-refractivity contribution is -0.151. The first-order valence-electron chi connectivity index (χ1n) is 7.92. The monoisotopic (exact) mass is 344 g/mol. The number of hydrogen-bond donors (Lipinski definition) is 0. The van der Waals surface area contributed by atoms with Gasteiger partial charge in [0.1, 0.15) is 5.76 Å². The zero-order chi connectivity index (χ0) is 18.4. The van der Waals surface area contributed by atoms with Gasteiger partial charge in [-0.1, -0.05) is 19.1 Å². The van der Waals surface area contributed by atoms with Crippen LogP contribution in [0.2, 0.25) is 0 Å². The van der Waals surface area contributed by atoms with E-state index in [0.29, 0.717) is 23.7 Å². The molecule has 1 heterocycles. The second kappa shape index (κ2) is 8.28. The third kappa shape index (κ3) is 4.56. The first-order valence-corrected chi connectivity index (χ1v) is 7.92. The Bertz CT molecular complexity index is 744. The number of ether oxygens (including phenoxy) is 3. The van der Waals surface area contributed by atoms with Gasteiger partial charge in [-0.3, -0.25) is 14.4 Å². The highest BCUT2D eigenvalue weighted by Gasteiger charge is 2.36. The zero-order valence-electron chi connectivity index (χ0n) is 14.4. The van der Waals surface area contributed by atoms with Crippen LogP contribution in [0, 0.1) is 5.92 Å². The van der Waals surface area contributed by atoms with Crippen molar-refractivity contribution in [2.45, 2.75) is 20.3 Å². The summed E-state index contributed by atoms with van der Waals surface area (Å²) in [5.41, 5.74) is 0.678. The molecule has 1 aromatic carbocycles. The topological polar surface area (TPSA) is 78.9 Å². The lowest BCUT2D eigenvalue weighted by atomic mass is 9.96. The Morgan fingerprint density at radius 1 is 1.28 bits per heavy atom. The molecule has 0 saturated heterocycles. The van der Waals surface area contributed by atoms with E-state index < -0.39 is 23.5 Å². The van der Waals surface area contributed by atoms with E-state index in [1.54, 1.807) is 18.2 Å². The molecule has 0 bridgehead atoms. The van der Waals surface area contributed by atoms with Crippen LogP contribution in [-0.2, 0) is 19.1 Å². The minimum Gasteiger partial charge on any atom is -0.493 e. The average Bonchev–Trinajstić information content (AvgIpc) is 2.57. The first kappa shape index (κ1) is 18.4. The van der Waals surface area contributed by atoms with Crippen molar-refractivity contribution >= 4 is 23.6 Å². The number of rotatable bonds is 7. The van der Waals surface area contributed by atoms with Gasteiger partial charge in [0.15, 0.2) is 29.0 Å². The third-order valence-electron chi connectivity index (χ3n) is 3.50. The van der Waals surface area contributed by atoms with Gasteiger partial charge in [-0.15, -0.1) is 0 Å². The van der Waals surface area contributed by atoms with E-state index in [4.69, 9.17) is 14.2 Å². The zero-order valence-corrected chi connectivity index (χ0v) is 14.4. The second-order valence-corrected chi connectivity index (χ2v) is 5.51. The summed E-state index contributed by atoms with van der Waals surface area (Å²) < 4.78 is 15.7. The highest BCUT2D eigenvalue weighted by Crippen LogP contribution is 2.28. The molecular weight excluding hydrogens is 324 g/mol. The summed E-state index contributed by atoms with van der Waals surface area (Å²) in [6, 6.07) is 5.20. The van der Waals surface area contributed by atoms with E-state index in [1.165, 1.54) is 26.2 Å². The Morgan fingerprint density at radius 2 is 2.04 bits per heavy atom. The number of allylic oxidation sites excluding steroid dienone is 3. The summed E-state index contributed by atoms with van der Waals surface area (Å²) >= 11 is 0. The average molecular weight is 344 g/mol. The molecule has 132 valence electrons. The maximum absolute atomic E-state index is 12.2. The van der Waals surface area contributed by atoms with E-state index in [2.05, 4.69) is 0 Å². The van der Waals surface area contributed by atoms with E-state index >= 15 is 0 Å². The fourth-order valence-corrected chi connectivity index (χ4v) is 2.30. The van der Waals surface area contributed by atoms with Gasteiger partial charge in [0, 0.05) is 6.08 Å². The highest BCUT2D eigenvalue weighted by atomic mass is 16.5. The summed E-state index contributed by atoms with van der Waals surface area (Å²) in [6.07, 6.45) is 4.74. The van der Waals surface area contributed by atoms with Crippen molar-refractivity contribution < 1.29 is 28.6 Å². The van der Waals surface area contributed by atoms with Crippen LogP contribution < -0.4 is 9.47 Å². The molecule has 25 heavy (non-hydrogen) atoms. The van der Waals surface area contributed by atoms with Crippen molar-refractivity contribution in [1.82, 2.24) is 0 Å². The molecule has 2 rings (SSSR count). The van der Waals surface area contributed by atoms with Crippen LogP contribution in [-0.4, -0.2) is 31.3 Å². The summed E-state index contributed by atoms with van der Waals surface area (Å²) in [5, 5.41) is 0. The number of benzene rings is 1. The van der Waals surface area contributed by atoms with Gasteiger partial charge in [-0.2, -0.15) is 0 Å². The van der Waals surface area contributed by atoms with Crippen molar-refractivity contribution in [2.75, 3.05) is 13.7 Å². The molecule has 1 atom stereocenters. The van der Waals surface area contributed by atoms with Crippen LogP contribution in [0.5, 0.6) is 11.5 Å². The van der Waals surface area contributed by atoms with Crippen LogP contribution in [0.4, 0.5) is 0 Å². The first-order chi connectivity index (χ1) is 12.0. The van der Waals surface area contributed by atoms with Crippen LogP contribution >= 0.6 is 0 Å². The van der Waals surface area contributed by atoms with Gasteiger partial charge in [0.25, 0.3) is 0 Å².